The molecule has 0 amide bonds. The molecule has 1 fully saturated rings. The van der Waals surface area contributed by atoms with Crippen molar-refractivity contribution in [2.24, 2.45) is 0 Å². The van der Waals surface area contributed by atoms with Crippen molar-refractivity contribution in [2.75, 3.05) is 13.2 Å². The summed E-state index contributed by atoms with van der Waals surface area (Å²) >= 11 is 0. The highest BCUT2D eigenvalue weighted by atomic mass is 16.5. The lowest BCUT2D eigenvalue weighted by atomic mass is 9.73. The molecule has 28 heavy (non-hydrogen) atoms. The zero-order chi connectivity index (χ0) is 19.6. The van der Waals surface area contributed by atoms with E-state index in [2.05, 4.69) is 53.8 Å². The molecule has 2 aliphatic carbocycles. The Labute approximate surface area is 166 Å². The van der Waals surface area contributed by atoms with E-state index in [0.29, 0.717) is 19.2 Å². The molecule has 0 aliphatic heterocycles. The predicted octanol–water partition coefficient (Wildman–Crippen LogP) is 3.70. The van der Waals surface area contributed by atoms with E-state index in [1.165, 1.54) is 22.3 Å². The van der Waals surface area contributed by atoms with Crippen LogP contribution in [0, 0.1) is 0 Å². The number of rotatable bonds is 6. The summed E-state index contributed by atoms with van der Waals surface area (Å²) in [5.41, 5.74) is 5.94. The van der Waals surface area contributed by atoms with Crippen molar-refractivity contribution >= 4 is 5.97 Å². The first-order valence-corrected chi connectivity index (χ1v) is 10.3. The quantitative estimate of drug-likeness (QED) is 0.803. The third kappa shape index (κ3) is 3.71. The van der Waals surface area contributed by atoms with Crippen molar-refractivity contribution in [3.63, 3.8) is 0 Å². The maximum atomic E-state index is 11.4. The molecule has 148 valence electrons. The van der Waals surface area contributed by atoms with Crippen LogP contribution in [-0.4, -0.2) is 36.4 Å². The molecule has 0 bridgehead atoms. The first-order valence-electron chi connectivity index (χ1n) is 10.3. The third-order valence-electron chi connectivity index (χ3n) is 6.46. The van der Waals surface area contributed by atoms with Gasteiger partial charge in [-0.25, -0.2) is 4.79 Å². The standard InChI is InChI=1S/C24H29NO3/c1-2-28-22(23(26)27)16-25-20-11-12-24(15-20)14-19-9-4-3-7-17(19)13-18-8-5-6-10-21(18)24/h3-10,20,22,25H,2,11-16H2,1H3,(H,26,27). The van der Waals surface area contributed by atoms with Crippen LogP contribution in [0.5, 0.6) is 0 Å². The number of hydrogen-bond donors (Lipinski definition) is 2. The van der Waals surface area contributed by atoms with Crippen molar-refractivity contribution in [1.29, 1.82) is 0 Å². The van der Waals surface area contributed by atoms with E-state index in [-0.39, 0.29) is 5.41 Å². The largest absolute Gasteiger partial charge is 0.479 e. The molecular formula is C24H29NO3. The molecule has 1 spiro atoms. The van der Waals surface area contributed by atoms with Crippen molar-refractivity contribution in [3.8, 4) is 0 Å². The van der Waals surface area contributed by atoms with Crippen LogP contribution in [0.3, 0.4) is 0 Å². The molecular weight excluding hydrogens is 350 g/mol. The molecule has 3 atom stereocenters. The van der Waals surface area contributed by atoms with Crippen LogP contribution < -0.4 is 5.32 Å². The molecule has 0 aromatic heterocycles. The minimum Gasteiger partial charge on any atom is -0.479 e. The summed E-state index contributed by atoms with van der Waals surface area (Å²) in [6, 6.07) is 18.0. The van der Waals surface area contributed by atoms with Gasteiger partial charge in [-0.3, -0.25) is 0 Å². The highest BCUT2D eigenvalue weighted by Crippen LogP contribution is 2.47. The van der Waals surface area contributed by atoms with Gasteiger partial charge in [0, 0.05) is 24.6 Å². The molecule has 2 aromatic carbocycles. The van der Waals surface area contributed by atoms with Crippen molar-refractivity contribution < 1.29 is 14.6 Å². The number of carboxylic acid groups (broad SMARTS) is 1. The Morgan fingerprint density at radius 3 is 2.64 bits per heavy atom. The summed E-state index contributed by atoms with van der Waals surface area (Å²) in [6.45, 7) is 2.61. The SMILES string of the molecule is CCOC(CNC1CCC2(Cc3ccccc3Cc3ccccc32)C1)C(=O)O. The minimum atomic E-state index is -0.893. The Morgan fingerprint density at radius 1 is 1.18 bits per heavy atom. The van der Waals surface area contributed by atoms with Crippen molar-refractivity contribution in [3.05, 3.63) is 70.8 Å². The molecule has 2 N–H and O–H groups in total. The maximum absolute atomic E-state index is 11.4. The molecule has 4 heteroatoms. The minimum absolute atomic E-state index is 0.130. The Morgan fingerprint density at radius 2 is 1.89 bits per heavy atom. The van der Waals surface area contributed by atoms with Gasteiger partial charge in [0.1, 0.15) is 0 Å². The summed E-state index contributed by atoms with van der Waals surface area (Å²) in [5.74, 6) is -0.893. The molecule has 0 heterocycles. The molecule has 0 radical (unpaired) electrons. The number of benzene rings is 2. The molecule has 4 nitrogen and oxygen atoms in total. The Bertz CT molecular complexity index is 849. The van der Waals surface area contributed by atoms with Crippen molar-refractivity contribution in [2.45, 2.75) is 56.6 Å². The number of carbonyl (C=O) groups is 1. The predicted molar refractivity (Wildman–Crippen MR) is 110 cm³/mol. The van der Waals surface area contributed by atoms with Gasteiger partial charge in [-0.15, -0.1) is 0 Å². The van der Waals surface area contributed by atoms with Crippen LogP contribution in [0.25, 0.3) is 0 Å². The first-order chi connectivity index (χ1) is 13.6. The highest BCUT2D eigenvalue weighted by Gasteiger charge is 2.43. The van der Waals surface area contributed by atoms with Gasteiger partial charge in [-0.1, -0.05) is 48.5 Å². The second-order valence-corrected chi connectivity index (χ2v) is 8.19. The Hall–Kier alpha value is -2.17. The second kappa shape index (κ2) is 8.06. The zero-order valence-corrected chi connectivity index (χ0v) is 16.5. The number of nitrogens with one attached hydrogen (secondary N) is 1. The number of fused-ring (bicyclic) bond motifs is 3. The third-order valence-corrected chi connectivity index (χ3v) is 6.46. The zero-order valence-electron chi connectivity index (χ0n) is 16.5. The van der Waals surface area contributed by atoms with E-state index in [0.717, 1.165) is 32.1 Å². The smallest absolute Gasteiger partial charge is 0.334 e. The molecule has 1 saturated carbocycles. The summed E-state index contributed by atoms with van der Waals surface area (Å²) in [6.07, 6.45) is 4.52. The maximum Gasteiger partial charge on any atom is 0.334 e. The van der Waals surface area contributed by atoms with E-state index in [1.807, 2.05) is 6.92 Å². The lowest BCUT2D eigenvalue weighted by Crippen LogP contribution is -2.40. The highest BCUT2D eigenvalue weighted by molar-refractivity contribution is 5.72. The average molecular weight is 380 g/mol. The van der Waals surface area contributed by atoms with Gasteiger partial charge in [0.05, 0.1) is 0 Å². The van der Waals surface area contributed by atoms with Crippen LogP contribution in [0.15, 0.2) is 48.5 Å². The fraction of sp³-hybridized carbons (Fsp3) is 0.458. The molecule has 0 saturated heterocycles. The topological polar surface area (TPSA) is 58.6 Å². The molecule has 3 unspecified atom stereocenters. The summed E-state index contributed by atoms with van der Waals surface area (Å²) in [7, 11) is 0. The van der Waals surface area contributed by atoms with E-state index >= 15 is 0 Å². The fourth-order valence-corrected chi connectivity index (χ4v) is 5.16. The lowest BCUT2D eigenvalue weighted by molar-refractivity contribution is -0.149. The van der Waals surface area contributed by atoms with Gasteiger partial charge in [0.2, 0.25) is 0 Å². The number of carboxylic acids is 1. The van der Waals surface area contributed by atoms with Gasteiger partial charge in [0.15, 0.2) is 6.10 Å². The number of hydrogen-bond acceptors (Lipinski definition) is 3. The van der Waals surface area contributed by atoms with Gasteiger partial charge in [-0.05, 0) is 61.3 Å². The monoisotopic (exact) mass is 379 g/mol. The first kappa shape index (κ1) is 19.2. The van der Waals surface area contributed by atoms with Gasteiger partial charge in [-0.2, -0.15) is 0 Å². The van der Waals surface area contributed by atoms with Crippen LogP contribution in [0.4, 0.5) is 0 Å². The van der Waals surface area contributed by atoms with E-state index in [1.54, 1.807) is 0 Å². The molecule has 2 aliphatic rings. The summed E-state index contributed by atoms with van der Waals surface area (Å²) < 4.78 is 5.36. The number of ether oxygens (including phenoxy) is 1. The van der Waals surface area contributed by atoms with E-state index in [4.69, 9.17) is 4.74 Å². The average Bonchev–Trinajstić information content (AvgIpc) is 3.04. The normalized spacial score (nSPS) is 24.4. The Kier molecular flexibility index (Phi) is 5.51. The van der Waals surface area contributed by atoms with Gasteiger partial charge < -0.3 is 15.2 Å². The summed E-state index contributed by atoms with van der Waals surface area (Å²) in [4.78, 5) is 11.4. The Balaban J connectivity index is 1.56. The van der Waals surface area contributed by atoms with E-state index in [9.17, 15) is 9.90 Å². The van der Waals surface area contributed by atoms with Gasteiger partial charge >= 0.3 is 5.97 Å². The van der Waals surface area contributed by atoms with Crippen LogP contribution in [0.1, 0.15) is 48.4 Å². The fourth-order valence-electron chi connectivity index (χ4n) is 5.16. The van der Waals surface area contributed by atoms with Crippen LogP contribution in [0.2, 0.25) is 0 Å². The molecule has 2 aromatic rings. The number of aliphatic carboxylic acids is 1. The van der Waals surface area contributed by atoms with Crippen LogP contribution in [-0.2, 0) is 27.8 Å². The lowest BCUT2D eigenvalue weighted by Gasteiger charge is -2.31. The summed E-state index contributed by atoms with van der Waals surface area (Å²) in [5, 5.41) is 12.8. The van der Waals surface area contributed by atoms with E-state index < -0.39 is 12.1 Å². The van der Waals surface area contributed by atoms with Crippen molar-refractivity contribution in [1.82, 2.24) is 5.32 Å². The van der Waals surface area contributed by atoms with Crippen LogP contribution >= 0.6 is 0 Å². The molecule has 4 rings (SSSR count). The second-order valence-electron chi connectivity index (χ2n) is 8.19. The van der Waals surface area contributed by atoms with Gasteiger partial charge in [0.25, 0.3) is 0 Å².